The van der Waals surface area contributed by atoms with Crippen LogP contribution < -0.4 is 5.32 Å². The van der Waals surface area contributed by atoms with Crippen molar-refractivity contribution in [2.24, 2.45) is 5.41 Å². The van der Waals surface area contributed by atoms with Crippen LogP contribution in [0.4, 0.5) is 0 Å². The van der Waals surface area contributed by atoms with Gasteiger partial charge in [-0.1, -0.05) is 20.3 Å². The minimum absolute atomic E-state index is 0.127. The molecule has 0 aromatic heterocycles. The topological polar surface area (TPSA) is 52.6 Å². The van der Waals surface area contributed by atoms with Crippen molar-refractivity contribution < 1.29 is 9.90 Å². The molecule has 0 aromatic carbocycles. The average Bonchev–Trinajstić information content (AvgIpc) is 2.15. The van der Waals surface area contributed by atoms with Crippen LogP contribution in [0.3, 0.4) is 0 Å². The predicted octanol–water partition coefficient (Wildman–Crippen LogP) is 1.56. The van der Waals surface area contributed by atoms with Crippen molar-refractivity contribution in [3.8, 4) is 0 Å². The number of carbonyl (C=O) groups is 1. The van der Waals surface area contributed by atoms with Crippen molar-refractivity contribution in [2.75, 3.05) is 27.2 Å². The van der Waals surface area contributed by atoms with Crippen LogP contribution in [0.2, 0.25) is 0 Å². The van der Waals surface area contributed by atoms with Gasteiger partial charge in [-0.05, 0) is 38.8 Å². The molecular weight excluding hydrogens is 216 g/mol. The van der Waals surface area contributed by atoms with Crippen molar-refractivity contribution >= 4 is 5.97 Å². The molecule has 0 heterocycles. The number of hydrogen-bond acceptors (Lipinski definition) is 3. The quantitative estimate of drug-likeness (QED) is 0.768. The Morgan fingerprint density at radius 3 is 2.47 bits per heavy atom. The molecular formula is C13H26N2O2. The summed E-state index contributed by atoms with van der Waals surface area (Å²) in [4.78, 5) is 13.6. The Morgan fingerprint density at radius 2 is 2.00 bits per heavy atom. The van der Waals surface area contributed by atoms with Crippen LogP contribution >= 0.6 is 0 Å². The highest BCUT2D eigenvalue weighted by Crippen LogP contribution is 2.41. The van der Waals surface area contributed by atoms with Crippen LogP contribution in [0, 0.1) is 5.41 Å². The van der Waals surface area contributed by atoms with Gasteiger partial charge in [0.15, 0.2) is 0 Å². The fourth-order valence-electron chi connectivity index (χ4n) is 2.79. The molecule has 1 unspecified atom stereocenters. The van der Waals surface area contributed by atoms with E-state index in [1.54, 1.807) is 0 Å². The zero-order valence-corrected chi connectivity index (χ0v) is 11.5. The minimum Gasteiger partial charge on any atom is -0.480 e. The number of aliphatic carboxylic acids is 1. The maximum atomic E-state index is 11.6. The van der Waals surface area contributed by atoms with E-state index in [0.29, 0.717) is 0 Å². The lowest BCUT2D eigenvalue weighted by atomic mass is 9.68. The van der Waals surface area contributed by atoms with Crippen molar-refractivity contribution in [1.82, 2.24) is 10.2 Å². The normalized spacial score (nSPS) is 28.3. The number of nitrogens with one attached hydrogen (secondary N) is 1. The number of carboxylic acids is 1. The van der Waals surface area contributed by atoms with E-state index < -0.39 is 11.5 Å². The molecule has 100 valence electrons. The maximum Gasteiger partial charge on any atom is 0.323 e. The molecule has 4 heteroatoms. The summed E-state index contributed by atoms with van der Waals surface area (Å²) in [5.74, 6) is -0.691. The molecule has 0 amide bonds. The molecule has 2 N–H and O–H groups in total. The number of rotatable bonds is 5. The molecule has 0 aromatic rings. The molecule has 4 nitrogen and oxygen atoms in total. The molecule has 0 radical (unpaired) electrons. The summed E-state index contributed by atoms with van der Waals surface area (Å²) >= 11 is 0. The van der Waals surface area contributed by atoms with Crippen molar-refractivity contribution in [1.29, 1.82) is 0 Å². The van der Waals surface area contributed by atoms with Crippen LogP contribution in [0.5, 0.6) is 0 Å². The first-order valence-electron chi connectivity index (χ1n) is 6.41. The summed E-state index contributed by atoms with van der Waals surface area (Å²) in [6.07, 6.45) is 3.59. The smallest absolute Gasteiger partial charge is 0.323 e. The SMILES string of the molecule is CN(C)CCNC1(C(=O)O)CCCC(C)(C)C1. The third-order valence-electron chi connectivity index (χ3n) is 3.67. The Hall–Kier alpha value is -0.610. The zero-order valence-electron chi connectivity index (χ0n) is 11.5. The Labute approximate surface area is 104 Å². The van der Waals surface area contributed by atoms with Crippen molar-refractivity contribution in [3.63, 3.8) is 0 Å². The van der Waals surface area contributed by atoms with Gasteiger partial charge in [-0.15, -0.1) is 0 Å². The molecule has 1 aliphatic carbocycles. The standard InChI is InChI=1S/C13H26N2O2/c1-12(2)6-5-7-13(10-12,11(16)17)14-8-9-15(3)4/h14H,5-10H2,1-4H3,(H,16,17). The first kappa shape index (κ1) is 14.5. The predicted molar refractivity (Wildman–Crippen MR) is 69.2 cm³/mol. The van der Waals surface area contributed by atoms with E-state index in [0.717, 1.165) is 38.8 Å². The summed E-state index contributed by atoms with van der Waals surface area (Å²) in [6.45, 7) is 5.93. The zero-order chi connectivity index (χ0) is 13.1. The van der Waals surface area contributed by atoms with Crippen LogP contribution in [0.15, 0.2) is 0 Å². The van der Waals surface area contributed by atoms with Gasteiger partial charge in [-0.25, -0.2) is 0 Å². The van der Waals surface area contributed by atoms with Gasteiger partial charge in [-0.2, -0.15) is 0 Å². The summed E-state index contributed by atoms with van der Waals surface area (Å²) < 4.78 is 0. The highest BCUT2D eigenvalue weighted by molar-refractivity contribution is 5.79. The third-order valence-corrected chi connectivity index (χ3v) is 3.67. The number of carboxylic acid groups (broad SMARTS) is 1. The van der Waals surface area contributed by atoms with E-state index in [-0.39, 0.29) is 5.41 Å². The molecule has 1 atom stereocenters. The van der Waals surface area contributed by atoms with Gasteiger partial charge < -0.3 is 15.3 Å². The van der Waals surface area contributed by atoms with Crippen molar-refractivity contribution in [3.05, 3.63) is 0 Å². The third kappa shape index (κ3) is 3.96. The second-order valence-electron chi connectivity index (χ2n) is 6.31. The molecule has 1 fully saturated rings. The molecule has 1 aliphatic rings. The second-order valence-corrected chi connectivity index (χ2v) is 6.31. The van der Waals surface area contributed by atoms with E-state index in [9.17, 15) is 9.90 Å². The summed E-state index contributed by atoms with van der Waals surface area (Å²) in [5, 5.41) is 12.8. The van der Waals surface area contributed by atoms with E-state index in [2.05, 4.69) is 24.1 Å². The lowest BCUT2D eigenvalue weighted by molar-refractivity contribution is -0.148. The fourth-order valence-corrected chi connectivity index (χ4v) is 2.79. The molecule has 0 spiro atoms. The Bertz CT molecular complexity index is 277. The molecule has 0 saturated heterocycles. The van der Waals surface area contributed by atoms with Crippen molar-refractivity contribution in [2.45, 2.75) is 45.1 Å². The van der Waals surface area contributed by atoms with Crippen LogP contribution in [0.1, 0.15) is 39.5 Å². The van der Waals surface area contributed by atoms with Gasteiger partial charge >= 0.3 is 5.97 Å². The van der Waals surface area contributed by atoms with Gasteiger partial charge in [0, 0.05) is 13.1 Å². The Balaban J connectivity index is 2.66. The average molecular weight is 242 g/mol. The number of likely N-dealkylation sites (N-methyl/N-ethyl adjacent to an activating group) is 1. The number of nitrogens with zero attached hydrogens (tertiary/aromatic N) is 1. The maximum absolute atomic E-state index is 11.6. The second kappa shape index (κ2) is 5.36. The Kier molecular flexibility index (Phi) is 4.55. The first-order valence-corrected chi connectivity index (χ1v) is 6.41. The Morgan fingerprint density at radius 1 is 1.35 bits per heavy atom. The molecule has 1 saturated carbocycles. The van der Waals surface area contributed by atoms with Gasteiger partial charge in [-0.3, -0.25) is 4.79 Å². The number of hydrogen-bond donors (Lipinski definition) is 2. The van der Waals surface area contributed by atoms with Crippen LogP contribution in [-0.4, -0.2) is 48.7 Å². The van der Waals surface area contributed by atoms with Gasteiger partial charge in [0.25, 0.3) is 0 Å². The van der Waals surface area contributed by atoms with E-state index in [4.69, 9.17) is 0 Å². The monoisotopic (exact) mass is 242 g/mol. The van der Waals surface area contributed by atoms with E-state index >= 15 is 0 Å². The molecule has 17 heavy (non-hydrogen) atoms. The highest BCUT2D eigenvalue weighted by atomic mass is 16.4. The summed E-state index contributed by atoms with van der Waals surface area (Å²) in [6, 6.07) is 0. The largest absolute Gasteiger partial charge is 0.480 e. The van der Waals surface area contributed by atoms with Gasteiger partial charge in [0.2, 0.25) is 0 Å². The minimum atomic E-state index is -0.711. The van der Waals surface area contributed by atoms with Crippen LogP contribution in [0.25, 0.3) is 0 Å². The summed E-state index contributed by atoms with van der Waals surface area (Å²) in [7, 11) is 4.00. The summed E-state index contributed by atoms with van der Waals surface area (Å²) in [5.41, 5.74) is -0.584. The molecule has 0 aliphatic heterocycles. The lowest BCUT2D eigenvalue weighted by Crippen LogP contribution is -2.57. The van der Waals surface area contributed by atoms with E-state index in [1.807, 2.05) is 14.1 Å². The lowest BCUT2D eigenvalue weighted by Gasteiger charge is -2.42. The highest BCUT2D eigenvalue weighted by Gasteiger charge is 2.45. The molecule has 1 rings (SSSR count). The fraction of sp³-hybridized carbons (Fsp3) is 0.923. The van der Waals surface area contributed by atoms with Gasteiger partial charge in [0.05, 0.1) is 0 Å². The molecule has 0 bridgehead atoms. The van der Waals surface area contributed by atoms with Crippen LogP contribution in [-0.2, 0) is 4.79 Å². The van der Waals surface area contributed by atoms with E-state index in [1.165, 1.54) is 0 Å². The first-order chi connectivity index (χ1) is 7.77. The van der Waals surface area contributed by atoms with Gasteiger partial charge in [0.1, 0.15) is 5.54 Å².